The highest BCUT2D eigenvalue weighted by molar-refractivity contribution is 5.81. The van der Waals surface area contributed by atoms with Crippen LogP contribution in [-0.2, 0) is 14.3 Å². The maximum Gasteiger partial charge on any atom is 0.508 e. The minimum absolute atomic E-state index is 0.0217. The minimum atomic E-state index is -0.793. The number of aliphatic hydroxyl groups excluding tert-OH is 1. The molecule has 5 nitrogen and oxygen atoms in total. The van der Waals surface area contributed by atoms with Gasteiger partial charge in [0.25, 0.3) is 0 Å². The Morgan fingerprint density at radius 2 is 2.20 bits per heavy atom. The van der Waals surface area contributed by atoms with Crippen LogP contribution in [0.5, 0.6) is 0 Å². The predicted molar refractivity (Wildman–Crippen MR) is 49.1 cm³/mol. The van der Waals surface area contributed by atoms with E-state index in [2.05, 4.69) is 4.74 Å². The molecule has 0 saturated heterocycles. The molecule has 0 aromatic rings. The second-order valence-electron chi connectivity index (χ2n) is 4.21. The van der Waals surface area contributed by atoms with Crippen LogP contribution < -0.4 is 0 Å². The summed E-state index contributed by atoms with van der Waals surface area (Å²) in [4.78, 5) is 22.2. The molecule has 15 heavy (non-hydrogen) atoms. The molecule has 0 aromatic heterocycles. The van der Waals surface area contributed by atoms with Gasteiger partial charge in [0.15, 0.2) is 0 Å². The monoisotopic (exact) mass is 214 g/mol. The van der Waals surface area contributed by atoms with E-state index in [1.54, 1.807) is 0 Å². The van der Waals surface area contributed by atoms with E-state index in [4.69, 9.17) is 4.74 Å². The van der Waals surface area contributed by atoms with Gasteiger partial charge in [-0.25, -0.2) is 4.79 Å². The molecule has 2 aliphatic rings. The molecule has 0 heterocycles. The van der Waals surface area contributed by atoms with Crippen LogP contribution in [0.15, 0.2) is 0 Å². The molecule has 0 amide bonds. The third kappa shape index (κ3) is 1.84. The van der Waals surface area contributed by atoms with Crippen LogP contribution >= 0.6 is 0 Å². The van der Waals surface area contributed by atoms with Crippen molar-refractivity contribution < 1.29 is 24.2 Å². The Labute approximate surface area is 87.4 Å². The van der Waals surface area contributed by atoms with E-state index in [1.165, 1.54) is 7.11 Å². The molecule has 1 N–H and O–H groups in total. The average molecular weight is 214 g/mol. The molecule has 0 spiro atoms. The summed E-state index contributed by atoms with van der Waals surface area (Å²) in [6.45, 7) is 0. The molecule has 0 unspecified atom stereocenters. The Kier molecular flexibility index (Phi) is 2.65. The lowest BCUT2D eigenvalue weighted by molar-refractivity contribution is -0.118. The molecule has 2 rings (SSSR count). The van der Waals surface area contributed by atoms with E-state index in [0.717, 1.165) is 0 Å². The maximum atomic E-state index is 11.2. The molecule has 0 radical (unpaired) electrons. The van der Waals surface area contributed by atoms with Gasteiger partial charge in [0, 0.05) is 18.8 Å². The highest BCUT2D eigenvalue weighted by Gasteiger charge is 2.49. The van der Waals surface area contributed by atoms with Gasteiger partial charge in [-0.1, -0.05) is 0 Å². The van der Waals surface area contributed by atoms with E-state index >= 15 is 0 Å². The third-order valence-corrected chi connectivity index (χ3v) is 3.30. The summed E-state index contributed by atoms with van der Waals surface area (Å²) in [5.74, 6) is 0.337. The van der Waals surface area contributed by atoms with E-state index in [1.807, 2.05) is 0 Å². The molecule has 5 heteroatoms. The third-order valence-electron chi connectivity index (χ3n) is 3.30. The van der Waals surface area contributed by atoms with Crippen LogP contribution in [0.1, 0.15) is 19.3 Å². The fourth-order valence-electron chi connectivity index (χ4n) is 2.65. The molecule has 2 fully saturated rings. The molecular formula is C10H14O5. The number of rotatable bonds is 1. The van der Waals surface area contributed by atoms with E-state index in [0.29, 0.717) is 19.3 Å². The molecule has 0 aliphatic heterocycles. The highest BCUT2D eigenvalue weighted by atomic mass is 16.7. The predicted octanol–water partition coefficient (Wildman–Crippen LogP) is 0.498. The zero-order valence-corrected chi connectivity index (χ0v) is 8.51. The number of hydrogen-bond donors (Lipinski definition) is 1. The Balaban J connectivity index is 2.03. The van der Waals surface area contributed by atoms with Gasteiger partial charge in [-0.05, 0) is 12.3 Å². The Bertz CT molecular complexity index is 288. The Morgan fingerprint density at radius 1 is 1.47 bits per heavy atom. The van der Waals surface area contributed by atoms with Gasteiger partial charge in [-0.15, -0.1) is 0 Å². The van der Waals surface area contributed by atoms with Crippen molar-refractivity contribution >= 4 is 11.9 Å². The van der Waals surface area contributed by atoms with Gasteiger partial charge in [-0.2, -0.15) is 0 Å². The Morgan fingerprint density at radius 3 is 2.87 bits per heavy atom. The summed E-state index contributed by atoms with van der Waals surface area (Å²) in [6.07, 6.45) is -0.579. The van der Waals surface area contributed by atoms with E-state index in [9.17, 15) is 14.7 Å². The van der Waals surface area contributed by atoms with Crippen molar-refractivity contribution in [1.29, 1.82) is 0 Å². The summed E-state index contributed by atoms with van der Waals surface area (Å²) in [5.41, 5.74) is 0. The SMILES string of the molecule is COC(=O)O[C@@H]1[C@H]2CC(=O)C[C@H]2C[C@H]1O. The first kappa shape index (κ1) is 10.4. The molecule has 4 atom stereocenters. The molecule has 2 aliphatic carbocycles. The highest BCUT2D eigenvalue weighted by Crippen LogP contribution is 2.44. The van der Waals surface area contributed by atoms with Gasteiger partial charge < -0.3 is 14.6 Å². The smallest absolute Gasteiger partial charge is 0.438 e. The number of carbonyl (C=O) groups is 2. The molecular weight excluding hydrogens is 200 g/mol. The van der Waals surface area contributed by atoms with Crippen molar-refractivity contribution in [2.45, 2.75) is 31.5 Å². The van der Waals surface area contributed by atoms with Crippen LogP contribution in [0, 0.1) is 11.8 Å². The number of hydrogen-bond acceptors (Lipinski definition) is 5. The normalized spacial score (nSPS) is 38.9. The summed E-state index contributed by atoms with van der Waals surface area (Å²) < 4.78 is 9.35. The van der Waals surface area contributed by atoms with E-state index in [-0.39, 0.29) is 17.6 Å². The maximum absolute atomic E-state index is 11.2. The first-order valence-corrected chi connectivity index (χ1v) is 5.06. The number of ketones is 1. The van der Waals surface area contributed by atoms with Gasteiger partial charge in [0.2, 0.25) is 0 Å². The number of fused-ring (bicyclic) bond motifs is 1. The minimum Gasteiger partial charge on any atom is -0.438 e. The van der Waals surface area contributed by atoms with Gasteiger partial charge in [-0.3, -0.25) is 4.79 Å². The number of aliphatic hydroxyl groups is 1. The van der Waals surface area contributed by atoms with Crippen LogP contribution in [-0.4, -0.2) is 36.4 Å². The van der Waals surface area contributed by atoms with E-state index < -0.39 is 18.4 Å². The van der Waals surface area contributed by atoms with Crippen LogP contribution in [0.25, 0.3) is 0 Å². The van der Waals surface area contributed by atoms with Crippen LogP contribution in [0.2, 0.25) is 0 Å². The van der Waals surface area contributed by atoms with Crippen LogP contribution in [0.4, 0.5) is 4.79 Å². The zero-order chi connectivity index (χ0) is 11.0. The second-order valence-corrected chi connectivity index (χ2v) is 4.21. The van der Waals surface area contributed by atoms with Crippen molar-refractivity contribution in [2.75, 3.05) is 7.11 Å². The summed E-state index contributed by atoms with van der Waals surface area (Å²) in [5, 5.41) is 9.68. The zero-order valence-electron chi connectivity index (χ0n) is 8.51. The standard InChI is InChI=1S/C10H14O5/c1-14-10(13)15-9-7-4-6(11)2-5(7)3-8(9)12/h5,7-9,12H,2-4H2,1H3/t5-,7-,8+,9+/m0/s1. The number of Topliss-reactive ketones (excluding diaryl/α,β-unsaturated/α-hetero) is 1. The van der Waals surface area contributed by atoms with Crippen molar-refractivity contribution in [3.63, 3.8) is 0 Å². The molecule has 0 bridgehead atoms. The lowest BCUT2D eigenvalue weighted by Gasteiger charge is -2.19. The molecule has 2 saturated carbocycles. The van der Waals surface area contributed by atoms with Crippen molar-refractivity contribution in [3.8, 4) is 0 Å². The number of carbonyl (C=O) groups excluding carboxylic acids is 2. The lowest BCUT2D eigenvalue weighted by Crippen LogP contribution is -2.31. The largest absolute Gasteiger partial charge is 0.508 e. The fraction of sp³-hybridized carbons (Fsp3) is 0.800. The quantitative estimate of drug-likeness (QED) is 0.643. The summed E-state index contributed by atoms with van der Waals surface area (Å²) in [6, 6.07) is 0. The van der Waals surface area contributed by atoms with Crippen molar-refractivity contribution in [1.82, 2.24) is 0 Å². The molecule has 84 valence electrons. The topological polar surface area (TPSA) is 72.8 Å². The summed E-state index contributed by atoms with van der Waals surface area (Å²) >= 11 is 0. The van der Waals surface area contributed by atoms with Gasteiger partial charge >= 0.3 is 6.16 Å². The first-order valence-electron chi connectivity index (χ1n) is 5.06. The van der Waals surface area contributed by atoms with Crippen molar-refractivity contribution in [3.05, 3.63) is 0 Å². The fourth-order valence-corrected chi connectivity index (χ4v) is 2.65. The lowest BCUT2D eigenvalue weighted by atomic mass is 9.99. The molecule has 0 aromatic carbocycles. The van der Waals surface area contributed by atoms with Crippen molar-refractivity contribution in [2.24, 2.45) is 11.8 Å². The average Bonchev–Trinajstić information content (AvgIpc) is 2.65. The number of ether oxygens (including phenoxy) is 2. The first-order chi connectivity index (χ1) is 7.11. The van der Waals surface area contributed by atoms with Gasteiger partial charge in [0.05, 0.1) is 13.2 Å². The summed E-state index contributed by atoms with van der Waals surface area (Å²) in [7, 11) is 1.22. The Hall–Kier alpha value is -1.10. The van der Waals surface area contributed by atoms with Gasteiger partial charge in [0.1, 0.15) is 11.9 Å². The number of methoxy groups -OCH3 is 1. The second kappa shape index (κ2) is 3.81. The van der Waals surface area contributed by atoms with Crippen LogP contribution in [0.3, 0.4) is 0 Å².